The second-order valence-electron chi connectivity index (χ2n) is 7.93. The molecular weight excluding hydrogens is 252 g/mol. The second kappa shape index (κ2) is 4.90. The number of hydrogen-bond acceptors (Lipinski definition) is 3. The molecule has 4 heteroatoms. The number of carbonyl (C=O) groups excluding carboxylic acids is 1. The largest absolute Gasteiger partial charge is 0.444 e. The average Bonchev–Trinajstić information content (AvgIpc) is 3.23. The minimum atomic E-state index is -0.396. The highest BCUT2D eigenvalue weighted by Gasteiger charge is 2.53. The highest BCUT2D eigenvalue weighted by molar-refractivity contribution is 5.68. The van der Waals surface area contributed by atoms with E-state index in [1.807, 2.05) is 25.7 Å². The van der Waals surface area contributed by atoms with Crippen molar-refractivity contribution in [2.75, 3.05) is 19.6 Å². The summed E-state index contributed by atoms with van der Waals surface area (Å²) in [5.74, 6) is 0.998. The van der Waals surface area contributed by atoms with Crippen LogP contribution in [-0.4, -0.2) is 42.3 Å². The van der Waals surface area contributed by atoms with Crippen LogP contribution in [0.2, 0.25) is 0 Å². The Morgan fingerprint density at radius 2 is 2.00 bits per heavy atom. The zero-order valence-electron chi connectivity index (χ0n) is 13.1. The average molecular weight is 280 g/mol. The van der Waals surface area contributed by atoms with Gasteiger partial charge < -0.3 is 15.0 Å². The van der Waals surface area contributed by atoms with Crippen molar-refractivity contribution in [1.82, 2.24) is 10.2 Å². The summed E-state index contributed by atoms with van der Waals surface area (Å²) in [6, 6.07) is 0.457. The normalized spacial score (nSPS) is 28.6. The van der Waals surface area contributed by atoms with Gasteiger partial charge in [-0.25, -0.2) is 4.79 Å². The third-order valence-electron chi connectivity index (χ3n) is 4.92. The number of hydrogen-bond donors (Lipinski definition) is 1. The first-order valence-electron chi connectivity index (χ1n) is 8.09. The molecule has 3 fully saturated rings. The molecule has 0 spiro atoms. The fraction of sp³-hybridized carbons (Fsp3) is 0.938. The lowest BCUT2D eigenvalue weighted by molar-refractivity contribution is 0.0290. The van der Waals surface area contributed by atoms with Gasteiger partial charge in [-0.15, -0.1) is 0 Å². The number of carbonyl (C=O) groups is 1. The third kappa shape index (κ3) is 3.27. The van der Waals surface area contributed by atoms with Crippen LogP contribution in [0.1, 0.15) is 52.9 Å². The summed E-state index contributed by atoms with van der Waals surface area (Å²) in [7, 11) is 0. The van der Waals surface area contributed by atoms with Gasteiger partial charge in [0.1, 0.15) is 5.60 Å². The van der Waals surface area contributed by atoms with Gasteiger partial charge in [0.25, 0.3) is 0 Å². The first-order valence-corrected chi connectivity index (χ1v) is 8.09. The van der Waals surface area contributed by atoms with E-state index >= 15 is 0 Å². The molecule has 3 aliphatic rings. The van der Waals surface area contributed by atoms with E-state index in [0.717, 1.165) is 32.0 Å². The molecular formula is C16H28N2O2. The summed E-state index contributed by atoms with van der Waals surface area (Å²) in [6.07, 6.45) is 6.60. The monoisotopic (exact) mass is 280 g/mol. The van der Waals surface area contributed by atoms with Gasteiger partial charge in [-0.1, -0.05) is 0 Å². The zero-order chi connectivity index (χ0) is 14.4. The summed E-state index contributed by atoms with van der Waals surface area (Å²) >= 11 is 0. The molecule has 0 aromatic heterocycles. The molecule has 2 aliphatic carbocycles. The van der Waals surface area contributed by atoms with Crippen molar-refractivity contribution >= 4 is 6.09 Å². The molecule has 0 radical (unpaired) electrons. The predicted molar refractivity (Wildman–Crippen MR) is 78.6 cm³/mol. The van der Waals surface area contributed by atoms with Crippen molar-refractivity contribution in [3.05, 3.63) is 0 Å². The lowest BCUT2D eigenvalue weighted by atomic mass is 10.0. The number of rotatable bonds is 4. The topological polar surface area (TPSA) is 41.6 Å². The number of likely N-dealkylation sites (tertiary alicyclic amines) is 1. The molecule has 3 rings (SSSR count). The van der Waals surface area contributed by atoms with Crippen LogP contribution in [0.5, 0.6) is 0 Å². The van der Waals surface area contributed by atoms with Crippen LogP contribution >= 0.6 is 0 Å². The molecule has 0 aromatic rings. The molecule has 114 valence electrons. The maximum absolute atomic E-state index is 12.0. The maximum atomic E-state index is 12.0. The quantitative estimate of drug-likeness (QED) is 0.861. The molecule has 1 N–H and O–H groups in total. The van der Waals surface area contributed by atoms with Gasteiger partial charge >= 0.3 is 6.09 Å². The van der Waals surface area contributed by atoms with Gasteiger partial charge in [-0.2, -0.15) is 0 Å². The second-order valence-corrected chi connectivity index (χ2v) is 7.93. The molecule has 2 saturated carbocycles. The Balaban J connectivity index is 1.42. The van der Waals surface area contributed by atoms with Gasteiger partial charge in [-0.05, 0) is 64.2 Å². The van der Waals surface area contributed by atoms with Crippen molar-refractivity contribution in [3.8, 4) is 0 Å². The third-order valence-corrected chi connectivity index (χ3v) is 4.92. The fourth-order valence-corrected chi connectivity index (χ4v) is 3.35. The van der Waals surface area contributed by atoms with Crippen LogP contribution in [0.15, 0.2) is 0 Å². The Kier molecular flexibility index (Phi) is 3.47. The first-order chi connectivity index (χ1) is 9.38. The molecule has 20 heavy (non-hydrogen) atoms. The highest BCUT2D eigenvalue weighted by Crippen LogP contribution is 2.60. The van der Waals surface area contributed by atoms with Crippen LogP contribution in [0.3, 0.4) is 0 Å². The molecule has 0 aromatic carbocycles. The van der Waals surface area contributed by atoms with Crippen molar-refractivity contribution < 1.29 is 9.53 Å². The number of ether oxygens (including phenoxy) is 1. The summed E-state index contributed by atoms with van der Waals surface area (Å²) in [5, 5.41) is 3.70. The minimum Gasteiger partial charge on any atom is -0.444 e. The Bertz CT molecular complexity index is 380. The summed E-state index contributed by atoms with van der Waals surface area (Å²) in [5.41, 5.74) is 0.242. The van der Waals surface area contributed by atoms with Crippen molar-refractivity contribution in [2.24, 2.45) is 11.3 Å². The Morgan fingerprint density at radius 3 is 2.55 bits per heavy atom. The SMILES string of the molecule is CC(C)(C)OC(=O)N1CCC(NCC2(C3CC3)CC2)C1. The lowest BCUT2D eigenvalue weighted by Crippen LogP contribution is -2.40. The Hall–Kier alpha value is -0.770. The molecule has 1 atom stereocenters. The molecule has 1 aliphatic heterocycles. The fourth-order valence-electron chi connectivity index (χ4n) is 3.35. The standard InChI is InChI=1S/C16H28N2O2/c1-15(2,3)20-14(19)18-9-6-13(10-18)17-11-16(7-8-16)12-4-5-12/h12-13,17H,4-11H2,1-3H3. The number of nitrogens with one attached hydrogen (secondary N) is 1. The number of nitrogens with zero attached hydrogens (tertiary/aromatic N) is 1. The van der Waals surface area contributed by atoms with E-state index in [2.05, 4.69) is 5.32 Å². The molecule has 4 nitrogen and oxygen atoms in total. The number of amides is 1. The van der Waals surface area contributed by atoms with E-state index in [1.165, 1.54) is 25.7 Å². The van der Waals surface area contributed by atoms with Gasteiger partial charge in [0, 0.05) is 25.7 Å². The Labute approximate surface area is 122 Å². The van der Waals surface area contributed by atoms with E-state index in [0.29, 0.717) is 11.5 Å². The highest BCUT2D eigenvalue weighted by atomic mass is 16.6. The van der Waals surface area contributed by atoms with Crippen molar-refractivity contribution in [3.63, 3.8) is 0 Å². The smallest absolute Gasteiger partial charge is 0.410 e. The zero-order valence-corrected chi connectivity index (χ0v) is 13.1. The predicted octanol–water partition coefficient (Wildman–Crippen LogP) is 2.78. The van der Waals surface area contributed by atoms with Crippen molar-refractivity contribution in [2.45, 2.75) is 64.5 Å². The minimum absolute atomic E-state index is 0.162. The van der Waals surface area contributed by atoms with Crippen LogP contribution in [0, 0.1) is 11.3 Å². The lowest BCUT2D eigenvalue weighted by Gasteiger charge is -2.25. The van der Waals surface area contributed by atoms with E-state index in [9.17, 15) is 4.79 Å². The Morgan fingerprint density at radius 1 is 1.30 bits per heavy atom. The van der Waals surface area contributed by atoms with Crippen LogP contribution < -0.4 is 5.32 Å². The molecule has 1 heterocycles. The van der Waals surface area contributed by atoms with E-state index in [-0.39, 0.29) is 6.09 Å². The van der Waals surface area contributed by atoms with Gasteiger partial charge in [0.15, 0.2) is 0 Å². The van der Waals surface area contributed by atoms with Crippen LogP contribution in [-0.2, 0) is 4.74 Å². The summed E-state index contributed by atoms with van der Waals surface area (Å²) < 4.78 is 5.44. The van der Waals surface area contributed by atoms with E-state index < -0.39 is 5.60 Å². The molecule has 1 unspecified atom stereocenters. The molecule has 0 bridgehead atoms. The van der Waals surface area contributed by atoms with E-state index in [4.69, 9.17) is 4.74 Å². The van der Waals surface area contributed by atoms with E-state index in [1.54, 1.807) is 0 Å². The van der Waals surface area contributed by atoms with Gasteiger partial charge in [0.05, 0.1) is 0 Å². The molecule has 1 amide bonds. The van der Waals surface area contributed by atoms with Crippen LogP contribution in [0.4, 0.5) is 4.79 Å². The van der Waals surface area contributed by atoms with Gasteiger partial charge in [-0.3, -0.25) is 0 Å². The van der Waals surface area contributed by atoms with Crippen LogP contribution in [0.25, 0.3) is 0 Å². The maximum Gasteiger partial charge on any atom is 0.410 e. The summed E-state index contributed by atoms with van der Waals surface area (Å²) in [4.78, 5) is 13.9. The first kappa shape index (κ1) is 14.2. The van der Waals surface area contributed by atoms with Crippen molar-refractivity contribution in [1.29, 1.82) is 0 Å². The van der Waals surface area contributed by atoms with Gasteiger partial charge in [0.2, 0.25) is 0 Å². The summed E-state index contributed by atoms with van der Waals surface area (Å²) in [6.45, 7) is 8.54. The molecule has 1 saturated heterocycles.